The summed E-state index contributed by atoms with van der Waals surface area (Å²) in [4.78, 5) is 26.1. The summed E-state index contributed by atoms with van der Waals surface area (Å²) in [6, 6.07) is 1.31. The quantitative estimate of drug-likeness (QED) is 0.683. The Hall–Kier alpha value is -1.99. The van der Waals surface area contributed by atoms with Crippen molar-refractivity contribution in [1.82, 2.24) is 4.98 Å². The second-order valence-corrected chi connectivity index (χ2v) is 3.32. The van der Waals surface area contributed by atoms with Gasteiger partial charge in [0.15, 0.2) is 0 Å². The molecule has 18 heavy (non-hydrogen) atoms. The number of carbonyl (C=O) groups is 2. The summed E-state index contributed by atoms with van der Waals surface area (Å²) in [6.07, 6.45) is 2.62. The number of pyridine rings is 1. The van der Waals surface area contributed by atoms with Crippen LogP contribution in [-0.2, 0) is 14.3 Å². The highest BCUT2D eigenvalue weighted by atomic mass is 16.5. The zero-order chi connectivity index (χ0) is 13.4. The SMILES string of the molecule is COCCOCC(=O)Nc1cnccc1C(=O)O. The Morgan fingerprint density at radius 2 is 2.22 bits per heavy atom. The normalized spacial score (nSPS) is 10.1. The van der Waals surface area contributed by atoms with E-state index in [1.54, 1.807) is 0 Å². The second kappa shape index (κ2) is 7.36. The number of carbonyl (C=O) groups excluding carboxylic acids is 1. The van der Waals surface area contributed by atoms with Crippen molar-refractivity contribution in [2.45, 2.75) is 0 Å². The van der Waals surface area contributed by atoms with Gasteiger partial charge in [-0.25, -0.2) is 4.79 Å². The molecule has 1 aromatic heterocycles. The molecule has 0 atom stereocenters. The van der Waals surface area contributed by atoms with Crippen molar-refractivity contribution in [2.75, 3.05) is 32.2 Å². The van der Waals surface area contributed by atoms with Crippen LogP contribution >= 0.6 is 0 Å². The first-order valence-corrected chi connectivity index (χ1v) is 5.19. The number of amides is 1. The molecule has 0 saturated carbocycles. The van der Waals surface area contributed by atoms with E-state index in [-0.39, 0.29) is 17.9 Å². The minimum absolute atomic E-state index is 0.0183. The molecule has 0 aliphatic rings. The van der Waals surface area contributed by atoms with Crippen LogP contribution in [-0.4, -0.2) is 48.9 Å². The predicted molar refractivity (Wildman–Crippen MR) is 62.5 cm³/mol. The molecule has 1 amide bonds. The fourth-order valence-electron chi connectivity index (χ4n) is 1.17. The molecule has 0 unspecified atom stereocenters. The van der Waals surface area contributed by atoms with Crippen molar-refractivity contribution >= 4 is 17.6 Å². The Morgan fingerprint density at radius 3 is 2.89 bits per heavy atom. The first-order valence-electron chi connectivity index (χ1n) is 5.19. The third-order valence-electron chi connectivity index (χ3n) is 1.99. The number of anilines is 1. The van der Waals surface area contributed by atoms with Crippen LogP contribution in [0.15, 0.2) is 18.5 Å². The van der Waals surface area contributed by atoms with Gasteiger partial charge in [0.2, 0.25) is 5.91 Å². The van der Waals surface area contributed by atoms with E-state index in [2.05, 4.69) is 10.3 Å². The fourth-order valence-corrected chi connectivity index (χ4v) is 1.17. The van der Waals surface area contributed by atoms with Crippen molar-refractivity contribution < 1.29 is 24.2 Å². The number of carboxylic acid groups (broad SMARTS) is 1. The van der Waals surface area contributed by atoms with Gasteiger partial charge in [-0.05, 0) is 6.07 Å². The number of nitrogens with zero attached hydrogens (tertiary/aromatic N) is 1. The molecule has 0 saturated heterocycles. The number of nitrogens with one attached hydrogen (secondary N) is 1. The zero-order valence-electron chi connectivity index (χ0n) is 9.88. The van der Waals surface area contributed by atoms with Crippen LogP contribution in [0.25, 0.3) is 0 Å². The molecule has 2 N–H and O–H groups in total. The second-order valence-electron chi connectivity index (χ2n) is 3.32. The summed E-state index contributed by atoms with van der Waals surface area (Å²) in [5.41, 5.74) is 0.126. The average molecular weight is 254 g/mol. The van der Waals surface area contributed by atoms with Crippen molar-refractivity contribution in [3.8, 4) is 0 Å². The van der Waals surface area contributed by atoms with Gasteiger partial charge in [0.1, 0.15) is 6.61 Å². The van der Waals surface area contributed by atoms with E-state index in [1.165, 1.54) is 25.6 Å². The van der Waals surface area contributed by atoms with Crippen LogP contribution in [0.4, 0.5) is 5.69 Å². The van der Waals surface area contributed by atoms with E-state index >= 15 is 0 Å². The van der Waals surface area contributed by atoms with E-state index in [0.29, 0.717) is 13.2 Å². The van der Waals surface area contributed by atoms with E-state index in [1.807, 2.05) is 0 Å². The number of ether oxygens (including phenoxy) is 2. The van der Waals surface area contributed by atoms with Crippen LogP contribution in [0.5, 0.6) is 0 Å². The van der Waals surface area contributed by atoms with Gasteiger partial charge in [0, 0.05) is 13.3 Å². The van der Waals surface area contributed by atoms with Gasteiger partial charge in [0.05, 0.1) is 30.7 Å². The number of hydrogen-bond donors (Lipinski definition) is 2. The van der Waals surface area contributed by atoms with Crippen LogP contribution in [0, 0.1) is 0 Å². The summed E-state index contributed by atoms with van der Waals surface area (Å²) in [6.45, 7) is 0.514. The van der Waals surface area contributed by atoms with Gasteiger partial charge in [-0.1, -0.05) is 0 Å². The van der Waals surface area contributed by atoms with E-state index < -0.39 is 11.9 Å². The minimum atomic E-state index is -1.13. The van der Waals surface area contributed by atoms with Crippen molar-refractivity contribution in [3.63, 3.8) is 0 Å². The number of hydrogen-bond acceptors (Lipinski definition) is 5. The van der Waals surface area contributed by atoms with Crippen molar-refractivity contribution in [1.29, 1.82) is 0 Å². The lowest BCUT2D eigenvalue weighted by Gasteiger charge is -2.07. The summed E-state index contributed by atoms with van der Waals surface area (Å²) >= 11 is 0. The third kappa shape index (κ3) is 4.48. The van der Waals surface area contributed by atoms with Crippen LogP contribution in [0.1, 0.15) is 10.4 Å². The van der Waals surface area contributed by atoms with Gasteiger partial charge >= 0.3 is 5.97 Å². The Balaban J connectivity index is 2.51. The van der Waals surface area contributed by atoms with Gasteiger partial charge in [-0.3, -0.25) is 9.78 Å². The summed E-state index contributed by atoms with van der Waals surface area (Å²) in [7, 11) is 1.53. The van der Waals surface area contributed by atoms with Crippen molar-refractivity contribution in [3.05, 3.63) is 24.0 Å². The molecule has 7 heteroatoms. The van der Waals surface area contributed by atoms with E-state index in [9.17, 15) is 9.59 Å². The highest BCUT2D eigenvalue weighted by Gasteiger charge is 2.12. The molecule has 0 fully saturated rings. The summed E-state index contributed by atoms with van der Waals surface area (Å²) in [5.74, 6) is -1.57. The maximum atomic E-state index is 11.5. The zero-order valence-corrected chi connectivity index (χ0v) is 9.88. The molecule has 1 heterocycles. The molecular weight excluding hydrogens is 240 g/mol. The Bertz CT molecular complexity index is 422. The first kappa shape index (κ1) is 14.1. The molecule has 7 nitrogen and oxygen atoms in total. The van der Waals surface area contributed by atoms with Gasteiger partial charge in [-0.15, -0.1) is 0 Å². The molecule has 0 bridgehead atoms. The topological polar surface area (TPSA) is 97.8 Å². The Labute approximate surface area is 104 Å². The lowest BCUT2D eigenvalue weighted by molar-refractivity contribution is -0.121. The highest BCUT2D eigenvalue weighted by Crippen LogP contribution is 2.12. The lowest BCUT2D eigenvalue weighted by atomic mass is 10.2. The molecule has 0 spiro atoms. The van der Waals surface area contributed by atoms with Crippen LogP contribution in [0.2, 0.25) is 0 Å². The van der Waals surface area contributed by atoms with Crippen LogP contribution < -0.4 is 5.32 Å². The Kier molecular flexibility index (Phi) is 5.75. The molecule has 0 aliphatic carbocycles. The first-order chi connectivity index (χ1) is 8.65. The number of carboxylic acids is 1. The number of aromatic nitrogens is 1. The largest absolute Gasteiger partial charge is 0.478 e. The molecule has 1 rings (SSSR count). The molecular formula is C11H14N2O5. The van der Waals surface area contributed by atoms with Gasteiger partial charge in [-0.2, -0.15) is 0 Å². The number of aromatic carboxylic acids is 1. The third-order valence-corrected chi connectivity index (χ3v) is 1.99. The summed E-state index contributed by atoms with van der Waals surface area (Å²) in [5, 5.41) is 11.3. The fraction of sp³-hybridized carbons (Fsp3) is 0.364. The standard InChI is InChI=1S/C11H14N2O5/c1-17-4-5-18-7-10(14)13-9-6-12-3-2-8(9)11(15)16/h2-3,6H,4-5,7H2,1H3,(H,13,14)(H,15,16). The van der Waals surface area contributed by atoms with Gasteiger partial charge in [0.25, 0.3) is 0 Å². The van der Waals surface area contributed by atoms with Crippen molar-refractivity contribution in [2.24, 2.45) is 0 Å². The maximum Gasteiger partial charge on any atom is 0.337 e. The lowest BCUT2D eigenvalue weighted by Crippen LogP contribution is -2.21. The molecule has 98 valence electrons. The van der Waals surface area contributed by atoms with E-state index in [0.717, 1.165) is 0 Å². The molecule has 0 aliphatic heterocycles. The maximum absolute atomic E-state index is 11.5. The molecule has 0 aromatic carbocycles. The van der Waals surface area contributed by atoms with Crippen LogP contribution in [0.3, 0.4) is 0 Å². The predicted octanol–water partition coefficient (Wildman–Crippen LogP) is 0.381. The summed E-state index contributed by atoms with van der Waals surface area (Å²) < 4.78 is 9.75. The highest BCUT2D eigenvalue weighted by molar-refractivity contribution is 6.00. The number of rotatable bonds is 7. The monoisotopic (exact) mass is 254 g/mol. The Morgan fingerprint density at radius 1 is 1.44 bits per heavy atom. The number of methoxy groups -OCH3 is 1. The average Bonchev–Trinajstić information content (AvgIpc) is 2.35. The van der Waals surface area contributed by atoms with Gasteiger partial charge < -0.3 is 19.9 Å². The molecule has 0 radical (unpaired) electrons. The minimum Gasteiger partial charge on any atom is -0.478 e. The molecule has 1 aromatic rings. The van der Waals surface area contributed by atoms with E-state index in [4.69, 9.17) is 14.6 Å². The smallest absolute Gasteiger partial charge is 0.337 e.